The van der Waals surface area contributed by atoms with E-state index in [1.54, 1.807) is 13.2 Å². The van der Waals surface area contributed by atoms with Gasteiger partial charge in [0.1, 0.15) is 6.04 Å². The Hall–Kier alpha value is -2.49. The van der Waals surface area contributed by atoms with Crippen molar-refractivity contribution in [3.8, 4) is 0 Å². The molecule has 0 saturated heterocycles. The number of rotatable bonds is 3. The maximum atomic E-state index is 12.8. The second kappa shape index (κ2) is 6.67. The summed E-state index contributed by atoms with van der Waals surface area (Å²) in [6.45, 7) is 0. The van der Waals surface area contributed by atoms with Crippen molar-refractivity contribution in [3.63, 3.8) is 0 Å². The number of hydrogen-bond acceptors (Lipinski definition) is 3. The second-order valence-corrected chi connectivity index (χ2v) is 7.08. The average molecular weight is 364 g/mol. The van der Waals surface area contributed by atoms with Gasteiger partial charge in [-0.2, -0.15) is 0 Å². The Bertz CT molecular complexity index is 1040. The lowest BCUT2D eigenvalue weighted by Crippen LogP contribution is -2.39. The van der Waals surface area contributed by atoms with Crippen LogP contribution in [0.1, 0.15) is 12.0 Å². The van der Waals surface area contributed by atoms with Gasteiger partial charge in [-0.1, -0.05) is 66.2 Å². The molecule has 0 N–H and O–H groups in total. The van der Waals surface area contributed by atoms with E-state index in [-0.39, 0.29) is 5.78 Å². The number of benzene rings is 2. The van der Waals surface area contributed by atoms with Gasteiger partial charge in [0.25, 0.3) is 0 Å². The lowest BCUT2D eigenvalue weighted by atomic mass is 9.84. The minimum Gasteiger partial charge on any atom is -0.359 e. The molecule has 2 aliphatic rings. The van der Waals surface area contributed by atoms with Crippen LogP contribution >= 0.6 is 11.6 Å². The summed E-state index contributed by atoms with van der Waals surface area (Å²) in [4.78, 5) is 17.6. The fourth-order valence-corrected chi connectivity index (χ4v) is 3.63. The third-order valence-corrected chi connectivity index (χ3v) is 5.22. The molecule has 0 radical (unpaired) electrons. The van der Waals surface area contributed by atoms with E-state index in [4.69, 9.17) is 21.3 Å². The highest BCUT2D eigenvalue weighted by Gasteiger charge is 2.35. The van der Waals surface area contributed by atoms with Crippen molar-refractivity contribution in [2.75, 3.05) is 7.11 Å². The molecule has 2 aromatic rings. The summed E-state index contributed by atoms with van der Waals surface area (Å²) in [5.41, 5.74) is 2.90. The van der Waals surface area contributed by atoms with E-state index >= 15 is 0 Å². The van der Waals surface area contributed by atoms with Crippen LogP contribution in [0.25, 0.3) is 11.6 Å². The first-order valence-corrected chi connectivity index (χ1v) is 8.88. The molecule has 26 heavy (non-hydrogen) atoms. The highest BCUT2D eigenvalue weighted by Crippen LogP contribution is 2.39. The highest BCUT2D eigenvalue weighted by molar-refractivity contribution is 6.25. The quantitative estimate of drug-likeness (QED) is 0.786. The Morgan fingerprint density at radius 1 is 1.12 bits per heavy atom. The number of methoxy groups -OCH3 is 1. The second-order valence-electron chi connectivity index (χ2n) is 6.44. The zero-order valence-corrected chi connectivity index (χ0v) is 15.1. The predicted molar refractivity (Wildman–Crippen MR) is 103 cm³/mol. The molecule has 0 amide bonds. The number of alkyl halides is 1. The molecule has 1 heterocycles. The molecule has 2 unspecified atom stereocenters. The number of para-hydroxylation sites is 1. The summed E-state index contributed by atoms with van der Waals surface area (Å²) in [7, 11) is 1.57. The van der Waals surface area contributed by atoms with Crippen LogP contribution in [-0.4, -0.2) is 24.0 Å². The molecular formula is C22H18ClNO2. The van der Waals surface area contributed by atoms with Crippen molar-refractivity contribution in [3.05, 3.63) is 88.5 Å². The lowest BCUT2D eigenvalue weighted by molar-refractivity contribution is -0.113. The van der Waals surface area contributed by atoms with E-state index in [0.29, 0.717) is 6.42 Å². The van der Waals surface area contributed by atoms with Crippen molar-refractivity contribution in [1.29, 1.82) is 0 Å². The summed E-state index contributed by atoms with van der Waals surface area (Å²) < 4.78 is 5.47. The molecular weight excluding hydrogens is 346 g/mol. The molecule has 2 aromatic carbocycles. The first-order valence-electron chi connectivity index (χ1n) is 8.50. The van der Waals surface area contributed by atoms with E-state index in [1.165, 1.54) is 0 Å². The minimum absolute atomic E-state index is 0.0300. The molecule has 0 bridgehead atoms. The summed E-state index contributed by atoms with van der Waals surface area (Å²) >= 11 is 6.57. The van der Waals surface area contributed by atoms with Crippen LogP contribution in [0.15, 0.2) is 77.3 Å². The van der Waals surface area contributed by atoms with Gasteiger partial charge < -0.3 is 4.74 Å². The number of allylic oxidation sites excluding steroid dienone is 2. The van der Waals surface area contributed by atoms with E-state index in [1.807, 2.05) is 66.7 Å². The standard InChI is InChI=1S/C22H18ClNO2/c1-26-22(23)12-11-17(15-7-3-2-4-8-15)18(14-22)21-20(25)13-16-9-5-6-10-19(16)24-21/h2-13,21H,14H2,1H3. The van der Waals surface area contributed by atoms with Crippen LogP contribution in [0.4, 0.5) is 0 Å². The Kier molecular flexibility index (Phi) is 4.35. The number of nitrogens with zero attached hydrogens (tertiary/aromatic N) is 1. The Morgan fingerprint density at radius 2 is 1.85 bits per heavy atom. The van der Waals surface area contributed by atoms with Gasteiger partial charge in [0, 0.05) is 18.7 Å². The molecule has 0 saturated carbocycles. The summed E-state index contributed by atoms with van der Waals surface area (Å²) in [6, 6.07) is 17.1. The van der Waals surface area contributed by atoms with Gasteiger partial charge in [0.2, 0.25) is 0 Å². The largest absolute Gasteiger partial charge is 0.359 e. The molecule has 1 aliphatic carbocycles. The molecule has 1 aliphatic heterocycles. The Morgan fingerprint density at radius 3 is 2.62 bits per heavy atom. The zero-order chi connectivity index (χ0) is 18.1. The van der Waals surface area contributed by atoms with Gasteiger partial charge >= 0.3 is 0 Å². The monoisotopic (exact) mass is 363 g/mol. The number of halogens is 1. The normalized spacial score (nSPS) is 24.7. The first kappa shape index (κ1) is 17.0. The van der Waals surface area contributed by atoms with E-state index in [9.17, 15) is 4.79 Å². The summed E-state index contributed by atoms with van der Waals surface area (Å²) in [5.74, 6) is -0.0300. The van der Waals surface area contributed by atoms with E-state index in [2.05, 4.69) is 0 Å². The lowest BCUT2D eigenvalue weighted by Gasteiger charge is -2.31. The van der Waals surface area contributed by atoms with Gasteiger partial charge in [0.05, 0.1) is 5.36 Å². The smallest absolute Gasteiger partial charge is 0.185 e. The number of fused-ring (bicyclic) bond motifs is 1. The number of hydrogen-bond donors (Lipinski definition) is 0. The van der Waals surface area contributed by atoms with Gasteiger partial charge in [0.15, 0.2) is 10.8 Å². The number of Topliss-reactive ketones (excluding diaryl/α,β-unsaturated/α-hetero) is 1. The van der Waals surface area contributed by atoms with Crippen LogP contribution < -0.4 is 10.6 Å². The van der Waals surface area contributed by atoms with Gasteiger partial charge in [-0.3, -0.25) is 9.79 Å². The topological polar surface area (TPSA) is 38.7 Å². The van der Waals surface area contributed by atoms with Crippen molar-refractivity contribution in [2.45, 2.75) is 17.5 Å². The zero-order valence-electron chi connectivity index (χ0n) is 14.4. The summed E-state index contributed by atoms with van der Waals surface area (Å²) in [5, 5.41) is 0.718. The van der Waals surface area contributed by atoms with Crippen LogP contribution in [-0.2, 0) is 9.53 Å². The van der Waals surface area contributed by atoms with Gasteiger partial charge in [-0.15, -0.1) is 0 Å². The van der Waals surface area contributed by atoms with E-state index in [0.717, 1.165) is 27.3 Å². The molecule has 4 heteroatoms. The van der Waals surface area contributed by atoms with E-state index < -0.39 is 11.1 Å². The molecule has 0 spiro atoms. The predicted octanol–water partition coefficient (Wildman–Crippen LogP) is 3.03. The van der Waals surface area contributed by atoms with Crippen LogP contribution in [0.5, 0.6) is 0 Å². The maximum Gasteiger partial charge on any atom is 0.185 e. The van der Waals surface area contributed by atoms with Crippen LogP contribution in [0.2, 0.25) is 0 Å². The van der Waals surface area contributed by atoms with Crippen molar-refractivity contribution in [2.24, 2.45) is 4.99 Å². The third kappa shape index (κ3) is 3.05. The average Bonchev–Trinajstić information content (AvgIpc) is 2.68. The SMILES string of the molecule is COC1(Cl)C=CC(c2ccccc2)=C(C2N=c3ccccc3=CC2=O)C1. The molecule has 3 nitrogen and oxygen atoms in total. The molecule has 130 valence electrons. The number of carbonyl (C=O) groups excluding carboxylic acids is 1. The maximum absolute atomic E-state index is 12.8. The summed E-state index contributed by atoms with van der Waals surface area (Å²) in [6.07, 6.45) is 5.85. The highest BCUT2D eigenvalue weighted by atomic mass is 35.5. The number of carbonyl (C=O) groups is 1. The minimum atomic E-state index is -0.958. The fraction of sp³-hybridized carbons (Fsp3) is 0.182. The first-order chi connectivity index (χ1) is 12.6. The van der Waals surface area contributed by atoms with Crippen molar-refractivity contribution < 1.29 is 9.53 Å². The van der Waals surface area contributed by atoms with Crippen molar-refractivity contribution >= 4 is 29.0 Å². The molecule has 2 atom stereocenters. The third-order valence-electron chi connectivity index (χ3n) is 4.80. The number of ether oxygens (including phenoxy) is 1. The van der Waals surface area contributed by atoms with Gasteiger partial charge in [-0.05, 0) is 34.9 Å². The Balaban J connectivity index is 1.90. The fourth-order valence-electron chi connectivity index (χ4n) is 3.42. The van der Waals surface area contributed by atoms with Crippen LogP contribution in [0.3, 0.4) is 0 Å². The molecule has 0 aromatic heterocycles. The van der Waals surface area contributed by atoms with Crippen LogP contribution in [0, 0.1) is 0 Å². The number of ketones is 1. The molecule has 0 fully saturated rings. The Labute approximate surface area is 157 Å². The van der Waals surface area contributed by atoms with Gasteiger partial charge in [-0.25, -0.2) is 0 Å². The van der Waals surface area contributed by atoms with Crippen molar-refractivity contribution in [1.82, 2.24) is 0 Å². The molecule has 4 rings (SSSR count).